The number of nitrogens with one attached hydrogen (secondary N) is 2. The molecule has 1 amide bonds. The molecule has 0 aromatic heterocycles. The molecule has 0 aliphatic carbocycles. The van der Waals surface area contributed by atoms with Crippen LogP contribution in [0.2, 0.25) is 0 Å². The highest BCUT2D eigenvalue weighted by Gasteiger charge is 2.31. The highest BCUT2D eigenvalue weighted by molar-refractivity contribution is 7.92. The van der Waals surface area contributed by atoms with Crippen LogP contribution in [0.15, 0.2) is 47.4 Å². The molecule has 7 nitrogen and oxygen atoms in total. The van der Waals surface area contributed by atoms with Gasteiger partial charge >= 0.3 is 0 Å². The summed E-state index contributed by atoms with van der Waals surface area (Å²) < 4.78 is 63.8. The Hall–Kier alpha value is -2.30. The molecule has 1 saturated heterocycles. The minimum atomic E-state index is -3.98. The van der Waals surface area contributed by atoms with Crippen molar-refractivity contribution in [3.63, 3.8) is 0 Å². The minimum absolute atomic E-state index is 0. The predicted molar refractivity (Wildman–Crippen MR) is 107 cm³/mol. The fourth-order valence-electron chi connectivity index (χ4n) is 2.91. The van der Waals surface area contributed by atoms with E-state index < -0.39 is 37.6 Å². The van der Waals surface area contributed by atoms with Gasteiger partial charge in [0, 0.05) is 20.1 Å². The van der Waals surface area contributed by atoms with Gasteiger partial charge < -0.3 is 5.32 Å². The topological polar surface area (TPSA) is 109 Å². The summed E-state index contributed by atoms with van der Waals surface area (Å²) in [6.45, 7) is 1.56. The Kier molecular flexibility index (Phi) is 5.55. The van der Waals surface area contributed by atoms with Crippen LogP contribution in [-0.2, 0) is 19.9 Å². The molecular formula is C18H23FN2O5S2. The van der Waals surface area contributed by atoms with Gasteiger partial charge in [-0.25, -0.2) is 25.9 Å². The summed E-state index contributed by atoms with van der Waals surface area (Å²) in [4.78, 5) is 12.3. The molecule has 2 aromatic rings. The van der Waals surface area contributed by atoms with Crippen molar-refractivity contribution in [3.8, 4) is 0 Å². The van der Waals surface area contributed by atoms with E-state index in [9.17, 15) is 26.0 Å². The number of carbonyl (C=O) groups is 1. The Bertz CT molecular complexity index is 1140. The number of aryl methyl sites for hydroxylation is 1. The number of carbonyl (C=O) groups excluding carboxylic acids is 1. The molecule has 0 bridgehead atoms. The molecule has 1 atom stereocenters. The maximum absolute atomic E-state index is 13.3. The molecule has 3 rings (SSSR count). The van der Waals surface area contributed by atoms with Gasteiger partial charge in [0.25, 0.3) is 5.91 Å². The van der Waals surface area contributed by atoms with Gasteiger partial charge in [0.15, 0.2) is 9.84 Å². The number of hydrogen-bond donors (Lipinski definition) is 2. The normalized spacial score (nSPS) is 18.7. The van der Waals surface area contributed by atoms with Crippen molar-refractivity contribution in [2.24, 2.45) is 0 Å². The zero-order valence-corrected chi connectivity index (χ0v) is 16.6. The summed E-state index contributed by atoms with van der Waals surface area (Å²) in [5.41, 5.74) is 0.847. The molecule has 1 aliphatic heterocycles. The maximum atomic E-state index is 13.3. The Morgan fingerprint density at radius 1 is 1.21 bits per heavy atom. The number of sulfone groups is 1. The Balaban J connectivity index is 0.00000225. The van der Waals surface area contributed by atoms with E-state index in [1.54, 1.807) is 6.92 Å². The van der Waals surface area contributed by atoms with E-state index in [1.165, 1.54) is 42.5 Å². The van der Waals surface area contributed by atoms with E-state index in [2.05, 4.69) is 10.0 Å². The molecule has 10 heteroatoms. The third kappa shape index (κ3) is 4.75. The standard InChI is InChI=1S/C18H19FN2O5S2.2H2/c1-12-9-14(5-6-17(12)19)20-18(22)13-3-2-4-16(10-13)28(25,26)21-15-7-8-27(23,24)11-15;;/h2-6,9-10,15,21H,7-8,11H2,1H3,(H,20,22);2*1H. The average molecular weight is 431 g/mol. The zero-order valence-electron chi connectivity index (χ0n) is 15.0. The molecule has 1 unspecified atom stereocenters. The lowest BCUT2D eigenvalue weighted by atomic mass is 10.2. The molecule has 1 heterocycles. The largest absolute Gasteiger partial charge is 0.322 e. The molecule has 28 heavy (non-hydrogen) atoms. The molecule has 0 radical (unpaired) electrons. The number of rotatable bonds is 5. The first-order chi connectivity index (χ1) is 13.1. The van der Waals surface area contributed by atoms with Crippen LogP contribution >= 0.6 is 0 Å². The minimum Gasteiger partial charge on any atom is -0.322 e. The molecular weight excluding hydrogens is 407 g/mol. The van der Waals surface area contributed by atoms with Crippen molar-refractivity contribution in [3.05, 3.63) is 59.4 Å². The van der Waals surface area contributed by atoms with Crippen LogP contribution in [0.4, 0.5) is 10.1 Å². The second-order valence-corrected chi connectivity index (χ2v) is 10.6. The molecule has 1 aliphatic rings. The number of anilines is 1. The summed E-state index contributed by atoms with van der Waals surface area (Å²) >= 11 is 0. The van der Waals surface area contributed by atoms with Gasteiger partial charge in [-0.15, -0.1) is 0 Å². The molecule has 154 valence electrons. The Morgan fingerprint density at radius 2 is 1.96 bits per heavy atom. The van der Waals surface area contributed by atoms with Gasteiger partial charge in [-0.3, -0.25) is 4.79 Å². The van der Waals surface area contributed by atoms with Gasteiger partial charge in [0.1, 0.15) is 5.82 Å². The van der Waals surface area contributed by atoms with E-state index in [-0.39, 0.29) is 31.2 Å². The average Bonchev–Trinajstić information content (AvgIpc) is 2.96. The van der Waals surface area contributed by atoms with E-state index in [1.807, 2.05) is 0 Å². The van der Waals surface area contributed by atoms with Crippen LogP contribution < -0.4 is 10.0 Å². The lowest BCUT2D eigenvalue weighted by Crippen LogP contribution is -2.35. The highest BCUT2D eigenvalue weighted by Crippen LogP contribution is 2.19. The summed E-state index contributed by atoms with van der Waals surface area (Å²) in [7, 11) is -7.21. The van der Waals surface area contributed by atoms with Crippen molar-refractivity contribution in [1.29, 1.82) is 0 Å². The second kappa shape index (κ2) is 7.61. The van der Waals surface area contributed by atoms with Crippen molar-refractivity contribution in [2.75, 3.05) is 16.8 Å². The van der Waals surface area contributed by atoms with Crippen LogP contribution in [0.5, 0.6) is 0 Å². The van der Waals surface area contributed by atoms with Gasteiger partial charge in [-0.1, -0.05) is 6.07 Å². The molecule has 0 saturated carbocycles. The molecule has 2 aromatic carbocycles. The number of halogens is 1. The fraction of sp³-hybridized carbons (Fsp3) is 0.278. The number of benzene rings is 2. The highest BCUT2D eigenvalue weighted by atomic mass is 32.2. The summed E-state index contributed by atoms with van der Waals surface area (Å²) in [6, 6.07) is 8.82. The third-order valence-corrected chi connectivity index (χ3v) is 7.66. The first kappa shape index (κ1) is 20.4. The van der Waals surface area contributed by atoms with E-state index in [4.69, 9.17) is 0 Å². The van der Waals surface area contributed by atoms with Gasteiger partial charge in [-0.05, 0) is 55.3 Å². The van der Waals surface area contributed by atoms with Crippen LogP contribution in [0, 0.1) is 12.7 Å². The number of sulfonamides is 1. The smallest absolute Gasteiger partial charge is 0.255 e. The maximum Gasteiger partial charge on any atom is 0.255 e. The zero-order chi connectivity index (χ0) is 20.5. The van der Waals surface area contributed by atoms with Crippen molar-refractivity contribution in [1.82, 2.24) is 4.72 Å². The molecule has 1 fully saturated rings. The molecule has 0 spiro atoms. The van der Waals surface area contributed by atoms with E-state index >= 15 is 0 Å². The first-order valence-electron chi connectivity index (χ1n) is 8.46. The fourth-order valence-corrected chi connectivity index (χ4v) is 6.00. The number of hydrogen-bond acceptors (Lipinski definition) is 5. The lowest BCUT2D eigenvalue weighted by Gasteiger charge is -2.12. The van der Waals surface area contributed by atoms with E-state index in [0.717, 1.165) is 0 Å². The quantitative estimate of drug-likeness (QED) is 0.757. The summed E-state index contributed by atoms with van der Waals surface area (Å²) in [5.74, 6) is -1.24. The lowest BCUT2D eigenvalue weighted by molar-refractivity contribution is 0.102. The summed E-state index contributed by atoms with van der Waals surface area (Å²) in [6.07, 6.45) is 0.214. The van der Waals surface area contributed by atoms with Crippen LogP contribution in [0.3, 0.4) is 0 Å². The van der Waals surface area contributed by atoms with Crippen molar-refractivity contribution >= 4 is 31.5 Å². The van der Waals surface area contributed by atoms with Gasteiger partial charge in [-0.2, -0.15) is 0 Å². The Morgan fingerprint density at radius 3 is 2.61 bits per heavy atom. The first-order valence-corrected chi connectivity index (χ1v) is 11.8. The number of amides is 1. The van der Waals surface area contributed by atoms with Crippen molar-refractivity contribution < 1.29 is 28.9 Å². The van der Waals surface area contributed by atoms with Crippen LogP contribution in [0.25, 0.3) is 0 Å². The van der Waals surface area contributed by atoms with Gasteiger partial charge in [0.2, 0.25) is 10.0 Å². The summed E-state index contributed by atoms with van der Waals surface area (Å²) in [5, 5.41) is 2.59. The SMILES string of the molecule is Cc1cc(NC(=O)c2cccc(S(=O)(=O)NC3CCS(=O)(=O)C3)c2)ccc1F.[HH].[HH]. The monoisotopic (exact) mass is 430 g/mol. The Labute approximate surface area is 165 Å². The van der Waals surface area contributed by atoms with Gasteiger partial charge in [0.05, 0.1) is 16.4 Å². The van der Waals surface area contributed by atoms with Crippen LogP contribution in [0.1, 0.15) is 25.2 Å². The predicted octanol–water partition coefficient (Wildman–Crippen LogP) is 2.34. The van der Waals surface area contributed by atoms with E-state index in [0.29, 0.717) is 11.3 Å². The van der Waals surface area contributed by atoms with Crippen LogP contribution in [-0.4, -0.2) is 40.3 Å². The van der Waals surface area contributed by atoms with Crippen molar-refractivity contribution in [2.45, 2.75) is 24.3 Å². The second-order valence-electron chi connectivity index (χ2n) is 6.67. The molecule has 2 N–H and O–H groups in total. The third-order valence-electron chi connectivity index (χ3n) is 4.38.